The van der Waals surface area contributed by atoms with Crippen LogP contribution in [-0.2, 0) is 4.79 Å². The molecule has 1 amide bonds. The van der Waals surface area contributed by atoms with Crippen LogP contribution in [0.5, 0.6) is 0 Å². The van der Waals surface area contributed by atoms with Crippen molar-refractivity contribution in [3.05, 3.63) is 81.6 Å². The lowest BCUT2D eigenvalue weighted by Crippen LogP contribution is -2.22. The van der Waals surface area contributed by atoms with Gasteiger partial charge in [-0.05, 0) is 68.1 Å². The Balaban J connectivity index is 1.40. The number of amides is 1. The van der Waals surface area contributed by atoms with E-state index in [-0.39, 0.29) is 23.0 Å². The molecule has 1 aliphatic heterocycles. The maximum absolute atomic E-state index is 13.9. The van der Waals surface area contributed by atoms with E-state index in [0.29, 0.717) is 68.7 Å². The van der Waals surface area contributed by atoms with E-state index in [0.717, 1.165) is 12.8 Å². The zero-order valence-electron chi connectivity index (χ0n) is 24.3. The van der Waals surface area contributed by atoms with Gasteiger partial charge in [0.05, 0.1) is 35.2 Å². The van der Waals surface area contributed by atoms with Gasteiger partial charge in [0.1, 0.15) is 5.76 Å². The van der Waals surface area contributed by atoms with Crippen LogP contribution in [0.25, 0.3) is 22.6 Å². The summed E-state index contributed by atoms with van der Waals surface area (Å²) in [5, 5.41) is 10.8. The third-order valence-electron chi connectivity index (χ3n) is 8.16. The van der Waals surface area contributed by atoms with Crippen molar-refractivity contribution in [1.29, 1.82) is 0 Å². The van der Waals surface area contributed by atoms with E-state index >= 15 is 0 Å². The quantitative estimate of drug-likeness (QED) is 0.134. The molecule has 10 nitrogen and oxygen atoms in total. The fourth-order valence-corrected chi connectivity index (χ4v) is 5.73. The number of anilines is 1. The molecule has 4 heterocycles. The second-order valence-electron chi connectivity index (χ2n) is 11.3. The molecular formula is C32H30ClF2N7O3. The van der Waals surface area contributed by atoms with Crippen molar-refractivity contribution >= 4 is 40.8 Å². The van der Waals surface area contributed by atoms with Gasteiger partial charge in [-0.2, -0.15) is 19.0 Å². The first-order valence-corrected chi connectivity index (χ1v) is 15.0. The van der Waals surface area contributed by atoms with Crippen LogP contribution >= 0.6 is 11.6 Å². The van der Waals surface area contributed by atoms with E-state index in [4.69, 9.17) is 21.9 Å². The van der Waals surface area contributed by atoms with E-state index in [9.17, 15) is 18.4 Å². The Hall–Kier alpha value is -4.71. The summed E-state index contributed by atoms with van der Waals surface area (Å²) in [5.41, 5.74) is 2.60. The van der Waals surface area contributed by atoms with Gasteiger partial charge < -0.3 is 15.6 Å². The summed E-state index contributed by atoms with van der Waals surface area (Å²) in [7, 11) is 0. The van der Waals surface area contributed by atoms with Gasteiger partial charge in [-0.25, -0.2) is 9.48 Å². The average Bonchev–Trinajstić information content (AvgIpc) is 3.78. The van der Waals surface area contributed by atoms with Crippen LogP contribution in [0.4, 0.5) is 20.2 Å². The van der Waals surface area contributed by atoms with Crippen LogP contribution in [0.3, 0.4) is 0 Å². The highest BCUT2D eigenvalue weighted by Crippen LogP contribution is 2.38. The number of hydrogen-bond donors (Lipinski definition) is 2. The third-order valence-corrected chi connectivity index (χ3v) is 8.40. The molecule has 1 aliphatic carbocycles. The zero-order valence-corrected chi connectivity index (χ0v) is 25.0. The Kier molecular flexibility index (Phi) is 8.57. The molecule has 0 radical (unpaired) electrons. The highest BCUT2D eigenvalue weighted by atomic mass is 35.5. The van der Waals surface area contributed by atoms with E-state index in [2.05, 4.69) is 25.5 Å². The number of halogens is 3. The predicted molar refractivity (Wildman–Crippen MR) is 168 cm³/mol. The molecule has 2 bridgehead atoms. The highest BCUT2D eigenvalue weighted by molar-refractivity contribution is 6.33. The molecule has 13 heteroatoms. The number of fused-ring (bicyclic) bond motifs is 4. The second kappa shape index (κ2) is 12.7. The van der Waals surface area contributed by atoms with Crippen LogP contribution in [0, 0.1) is 11.8 Å². The number of alkyl halides is 2. The minimum atomic E-state index is -2.94. The number of carbonyl (C=O) groups excluding carboxylic acids is 1. The van der Waals surface area contributed by atoms with Crippen LogP contribution in [0.2, 0.25) is 5.02 Å². The molecule has 2 aliphatic rings. The summed E-state index contributed by atoms with van der Waals surface area (Å²) in [4.78, 5) is 35.6. The number of nitrogens with two attached hydrogens (primary N) is 1. The van der Waals surface area contributed by atoms with Gasteiger partial charge in [-0.15, -0.1) is 0 Å². The Morgan fingerprint density at radius 3 is 2.71 bits per heavy atom. The Bertz CT molecular complexity index is 1870. The molecule has 2 unspecified atom stereocenters. The normalized spacial score (nSPS) is 19.2. The molecule has 0 spiro atoms. The summed E-state index contributed by atoms with van der Waals surface area (Å²) in [6.07, 6.45) is 7.90. The molecule has 3 N–H and O–H groups in total. The Labute approximate surface area is 262 Å². The number of hydrogen-bond acceptors (Lipinski definition) is 8. The first-order valence-electron chi connectivity index (χ1n) is 14.6. The van der Waals surface area contributed by atoms with Crippen molar-refractivity contribution in [3.63, 3.8) is 0 Å². The molecule has 4 aromatic rings. The van der Waals surface area contributed by atoms with E-state index in [1.165, 1.54) is 12.4 Å². The fourth-order valence-electron chi connectivity index (χ4n) is 5.56. The van der Waals surface area contributed by atoms with Crippen molar-refractivity contribution in [3.8, 4) is 22.6 Å². The Morgan fingerprint density at radius 1 is 1.16 bits per heavy atom. The summed E-state index contributed by atoms with van der Waals surface area (Å²) >= 11 is 6.31. The zero-order chi connectivity index (χ0) is 31.7. The van der Waals surface area contributed by atoms with Crippen molar-refractivity contribution in [1.82, 2.24) is 14.8 Å². The predicted octanol–water partition coefficient (Wildman–Crippen LogP) is 6.93. The first-order chi connectivity index (χ1) is 21.7. The van der Waals surface area contributed by atoms with Crippen molar-refractivity contribution < 1.29 is 18.0 Å². The molecular weight excluding hydrogens is 604 g/mol. The summed E-state index contributed by atoms with van der Waals surface area (Å²) in [5.74, 6) is 4.86. The molecule has 232 valence electrons. The number of hydrazone groups is 1. The van der Waals surface area contributed by atoms with Crippen LogP contribution < -0.4 is 16.8 Å². The topological polar surface area (TPSA) is 141 Å². The highest BCUT2D eigenvalue weighted by Gasteiger charge is 2.28. The maximum atomic E-state index is 13.9. The molecule has 45 heavy (non-hydrogen) atoms. The molecule has 3 aromatic heterocycles. The SMILES string of the molecule is CC1CCCC(c2ccc(-c3cc(Cl)ccc3N=CC(=NN)C3CC3)oc2=O)c2cc(ccn2)-c2c(cnn2C(F)F)NC1=O. The molecule has 6 rings (SSSR count). The van der Waals surface area contributed by atoms with Gasteiger partial charge in [0.15, 0.2) is 0 Å². The molecule has 0 saturated heterocycles. The number of benzene rings is 1. The van der Waals surface area contributed by atoms with E-state index in [1.807, 2.05) is 0 Å². The fraction of sp³-hybridized carbons (Fsp3) is 0.312. The molecule has 1 fully saturated rings. The van der Waals surface area contributed by atoms with E-state index in [1.54, 1.807) is 55.6 Å². The smallest absolute Gasteiger partial charge is 0.340 e. The van der Waals surface area contributed by atoms with E-state index < -0.39 is 24.0 Å². The van der Waals surface area contributed by atoms with Crippen molar-refractivity contribution in [2.24, 2.45) is 27.8 Å². The van der Waals surface area contributed by atoms with Crippen molar-refractivity contribution in [2.75, 3.05) is 5.32 Å². The number of rotatable bonds is 6. The summed E-state index contributed by atoms with van der Waals surface area (Å²) in [6, 6.07) is 11.7. The van der Waals surface area contributed by atoms with Crippen LogP contribution in [0.1, 0.15) is 62.8 Å². The number of carbonyl (C=O) groups is 1. The summed E-state index contributed by atoms with van der Waals surface area (Å²) < 4.78 is 34.3. The number of nitrogens with one attached hydrogen (secondary N) is 1. The second-order valence-corrected chi connectivity index (χ2v) is 11.7. The minimum Gasteiger partial charge on any atom is -0.422 e. The standard InChI is InChI=1S/C32H30ClF2N7O3/c1-17-3-2-4-21(25-13-19(11-12-37-25)29-27(40-30(17)43)16-39-42(29)32(34)35)22-8-10-28(45-31(22)44)23-14-20(33)7-9-24(23)38-15-26(41-36)18-5-6-18/h7-18,21,32H,2-6,36H2,1H3,(H,40,43). The van der Waals surface area contributed by atoms with Gasteiger partial charge in [-0.1, -0.05) is 24.9 Å². The first kappa shape index (κ1) is 30.3. The van der Waals surface area contributed by atoms with Gasteiger partial charge in [0.2, 0.25) is 5.91 Å². The maximum Gasteiger partial charge on any atom is 0.340 e. The van der Waals surface area contributed by atoms with Gasteiger partial charge in [0.25, 0.3) is 0 Å². The lowest BCUT2D eigenvalue weighted by Gasteiger charge is -2.20. The monoisotopic (exact) mass is 633 g/mol. The number of aromatic nitrogens is 3. The third kappa shape index (κ3) is 6.41. The van der Waals surface area contributed by atoms with Crippen LogP contribution in [-0.4, -0.2) is 32.6 Å². The average molecular weight is 634 g/mol. The van der Waals surface area contributed by atoms with Crippen molar-refractivity contribution in [2.45, 2.75) is 51.5 Å². The summed E-state index contributed by atoms with van der Waals surface area (Å²) in [6.45, 7) is -1.17. The van der Waals surface area contributed by atoms with Gasteiger partial charge in [0, 0.05) is 51.4 Å². The Morgan fingerprint density at radius 2 is 1.98 bits per heavy atom. The molecule has 1 aromatic carbocycles. The largest absolute Gasteiger partial charge is 0.422 e. The lowest BCUT2D eigenvalue weighted by molar-refractivity contribution is -0.119. The molecule has 2 atom stereocenters. The van der Waals surface area contributed by atoms with Gasteiger partial charge >= 0.3 is 12.2 Å². The lowest BCUT2D eigenvalue weighted by atomic mass is 9.88. The number of pyridine rings is 1. The molecule has 1 saturated carbocycles. The van der Waals surface area contributed by atoms with Gasteiger partial charge in [-0.3, -0.25) is 14.8 Å². The number of aliphatic imine (C=N–C) groups is 1. The number of nitrogens with zero attached hydrogens (tertiary/aromatic N) is 5. The van der Waals surface area contributed by atoms with Crippen LogP contribution in [0.15, 0.2) is 74.2 Å². The minimum absolute atomic E-state index is 0.0504.